The van der Waals surface area contributed by atoms with Crippen molar-refractivity contribution in [3.63, 3.8) is 0 Å². The molecule has 15 heavy (non-hydrogen) atoms. The Morgan fingerprint density at radius 1 is 1.60 bits per heavy atom. The van der Waals surface area contributed by atoms with Crippen LogP contribution in [0, 0.1) is 0 Å². The van der Waals surface area contributed by atoms with Gasteiger partial charge in [-0.25, -0.2) is 0 Å². The average molecular weight is 383 g/mol. The quantitative estimate of drug-likeness (QED) is 0.416. The Hall–Kier alpha value is -0.100. The summed E-state index contributed by atoms with van der Waals surface area (Å²) in [7, 11) is 1.38. The lowest BCUT2D eigenvalue weighted by Gasteiger charge is -2.11. The first-order chi connectivity index (χ1) is 6.96. The second-order valence-electron chi connectivity index (χ2n) is 3.40. The van der Waals surface area contributed by atoms with Gasteiger partial charge in [-0.15, -0.1) is 0 Å². The molecule has 0 aliphatic heterocycles. The van der Waals surface area contributed by atoms with Crippen LogP contribution < -0.4 is 0 Å². The molecule has 0 heterocycles. The second-order valence-corrected chi connectivity index (χ2v) is 6.64. The Kier molecular flexibility index (Phi) is 4.58. The van der Waals surface area contributed by atoms with Gasteiger partial charge in [0.25, 0.3) is 0 Å². The second kappa shape index (κ2) is 5.30. The Balaban J connectivity index is 2.86. The molecule has 1 aliphatic rings. The van der Waals surface area contributed by atoms with E-state index < -0.39 is 4.83 Å². The fourth-order valence-electron chi connectivity index (χ4n) is 1.13. The number of alkyl halides is 2. The summed E-state index contributed by atoms with van der Waals surface area (Å²) in [5.41, 5.74) is 0.901. The number of methoxy groups -OCH3 is 1. The van der Waals surface area contributed by atoms with Gasteiger partial charge in [-0.3, -0.25) is 4.79 Å². The standard InChI is InChI=1S/C11H12BrIO2/c1-11(13)6-3-4-8(5-7-11)9(12)10(14)15-2/h3-7,9H,1-2H3. The Morgan fingerprint density at radius 3 is 2.87 bits per heavy atom. The number of esters is 1. The van der Waals surface area contributed by atoms with Gasteiger partial charge in [0.05, 0.1) is 10.5 Å². The number of halogens is 2. The molecular weight excluding hydrogens is 371 g/mol. The minimum atomic E-state index is -0.395. The van der Waals surface area contributed by atoms with Crippen molar-refractivity contribution in [2.75, 3.05) is 7.11 Å². The highest BCUT2D eigenvalue weighted by atomic mass is 127. The van der Waals surface area contributed by atoms with E-state index in [-0.39, 0.29) is 9.39 Å². The smallest absolute Gasteiger partial charge is 0.323 e. The highest BCUT2D eigenvalue weighted by Crippen LogP contribution is 2.27. The molecule has 0 saturated carbocycles. The number of ether oxygens (including phenoxy) is 1. The van der Waals surface area contributed by atoms with Crippen LogP contribution in [-0.2, 0) is 9.53 Å². The van der Waals surface area contributed by atoms with E-state index in [0.29, 0.717) is 0 Å². The van der Waals surface area contributed by atoms with E-state index in [4.69, 9.17) is 0 Å². The van der Waals surface area contributed by atoms with Crippen LogP contribution in [0.4, 0.5) is 0 Å². The summed E-state index contributed by atoms with van der Waals surface area (Å²) in [6.45, 7) is 2.10. The summed E-state index contributed by atoms with van der Waals surface area (Å²) in [6, 6.07) is 0. The summed E-state index contributed by atoms with van der Waals surface area (Å²) in [5, 5.41) is 0. The molecule has 1 aliphatic carbocycles. The summed E-state index contributed by atoms with van der Waals surface area (Å²) in [5.74, 6) is -0.281. The van der Waals surface area contributed by atoms with E-state index >= 15 is 0 Å². The zero-order chi connectivity index (χ0) is 11.5. The molecule has 0 aromatic rings. The molecule has 2 atom stereocenters. The Morgan fingerprint density at radius 2 is 2.27 bits per heavy atom. The van der Waals surface area contributed by atoms with Gasteiger partial charge < -0.3 is 4.74 Å². The molecule has 2 nitrogen and oxygen atoms in total. The average Bonchev–Trinajstić information content (AvgIpc) is 2.37. The van der Waals surface area contributed by atoms with Crippen molar-refractivity contribution >= 4 is 44.5 Å². The van der Waals surface area contributed by atoms with Crippen LogP contribution in [0.1, 0.15) is 6.92 Å². The number of rotatable bonds is 2. The van der Waals surface area contributed by atoms with Crippen LogP contribution in [0.15, 0.2) is 36.0 Å². The van der Waals surface area contributed by atoms with Gasteiger partial charge in [0.15, 0.2) is 0 Å². The number of hydrogen-bond donors (Lipinski definition) is 0. The third-order valence-corrected chi connectivity index (χ3v) is 3.63. The van der Waals surface area contributed by atoms with Crippen LogP contribution >= 0.6 is 38.5 Å². The summed E-state index contributed by atoms with van der Waals surface area (Å²) < 4.78 is 4.67. The third kappa shape index (κ3) is 3.75. The van der Waals surface area contributed by atoms with E-state index in [9.17, 15) is 4.79 Å². The molecule has 0 saturated heterocycles. The molecule has 1 rings (SSSR count). The van der Waals surface area contributed by atoms with Crippen LogP contribution in [-0.4, -0.2) is 21.3 Å². The first-order valence-corrected chi connectivity index (χ1v) is 6.45. The molecule has 0 N–H and O–H groups in total. The fourth-order valence-corrected chi connectivity index (χ4v) is 2.01. The highest BCUT2D eigenvalue weighted by Gasteiger charge is 2.20. The molecule has 82 valence electrons. The van der Waals surface area contributed by atoms with E-state index in [0.717, 1.165) is 5.57 Å². The molecule has 0 aromatic heterocycles. The molecule has 0 radical (unpaired) electrons. The zero-order valence-corrected chi connectivity index (χ0v) is 12.3. The van der Waals surface area contributed by atoms with Crippen LogP contribution in [0.2, 0.25) is 0 Å². The molecule has 4 heteroatoms. The predicted molar refractivity (Wildman–Crippen MR) is 73.5 cm³/mol. The Bertz CT molecular complexity index is 342. The van der Waals surface area contributed by atoms with Crippen LogP contribution in [0.25, 0.3) is 0 Å². The largest absolute Gasteiger partial charge is 0.468 e. The molecule has 0 bridgehead atoms. The fraction of sp³-hybridized carbons (Fsp3) is 0.364. The lowest BCUT2D eigenvalue weighted by Crippen LogP contribution is -2.17. The van der Waals surface area contributed by atoms with Gasteiger partial charge in [0, 0.05) is 0 Å². The third-order valence-electron chi connectivity index (χ3n) is 2.01. The topological polar surface area (TPSA) is 26.3 Å². The number of hydrogen-bond acceptors (Lipinski definition) is 2. The first kappa shape index (κ1) is 13.0. The predicted octanol–water partition coefficient (Wildman–Crippen LogP) is 3.17. The van der Waals surface area contributed by atoms with E-state index in [1.54, 1.807) is 0 Å². The summed E-state index contributed by atoms with van der Waals surface area (Å²) >= 11 is 5.64. The maximum Gasteiger partial charge on any atom is 0.323 e. The minimum Gasteiger partial charge on any atom is -0.468 e. The van der Waals surface area contributed by atoms with Crippen molar-refractivity contribution in [1.82, 2.24) is 0 Å². The molecule has 0 spiro atoms. The first-order valence-electron chi connectivity index (χ1n) is 4.46. The lowest BCUT2D eigenvalue weighted by atomic mass is 10.1. The van der Waals surface area contributed by atoms with Crippen molar-refractivity contribution in [2.45, 2.75) is 15.2 Å². The van der Waals surface area contributed by atoms with Gasteiger partial charge in [0.1, 0.15) is 4.83 Å². The molecule has 0 aromatic carbocycles. The van der Waals surface area contributed by atoms with Crippen molar-refractivity contribution in [3.05, 3.63) is 36.0 Å². The zero-order valence-electron chi connectivity index (χ0n) is 8.54. The monoisotopic (exact) mass is 382 g/mol. The normalized spacial score (nSPS) is 26.8. The maximum atomic E-state index is 11.3. The van der Waals surface area contributed by atoms with Gasteiger partial charge in [-0.05, 0) is 12.5 Å². The highest BCUT2D eigenvalue weighted by molar-refractivity contribution is 14.1. The number of allylic oxidation sites excluding steroid dienone is 5. The van der Waals surface area contributed by atoms with Gasteiger partial charge in [0.2, 0.25) is 0 Å². The minimum absolute atomic E-state index is 0.00114. The van der Waals surface area contributed by atoms with Crippen molar-refractivity contribution < 1.29 is 9.53 Å². The van der Waals surface area contributed by atoms with E-state index in [1.165, 1.54) is 7.11 Å². The summed E-state index contributed by atoms with van der Waals surface area (Å²) in [6.07, 6.45) is 9.95. The molecule has 0 amide bonds. The maximum absolute atomic E-state index is 11.3. The molecule has 0 fully saturated rings. The van der Waals surface area contributed by atoms with Crippen LogP contribution in [0.5, 0.6) is 0 Å². The molecule has 2 unspecified atom stereocenters. The molecular formula is C11H12BrIO2. The SMILES string of the molecule is COC(=O)C(Br)C1=CC=CC(C)(I)C=C1. The van der Waals surface area contributed by atoms with E-state index in [1.807, 2.05) is 18.2 Å². The summed E-state index contributed by atoms with van der Waals surface area (Å²) in [4.78, 5) is 10.9. The van der Waals surface area contributed by atoms with Crippen molar-refractivity contribution in [2.24, 2.45) is 0 Å². The Labute approximate surface area is 112 Å². The van der Waals surface area contributed by atoms with Gasteiger partial charge >= 0.3 is 5.97 Å². The number of carbonyl (C=O) groups excluding carboxylic acids is 1. The van der Waals surface area contributed by atoms with Crippen molar-refractivity contribution in [3.8, 4) is 0 Å². The van der Waals surface area contributed by atoms with Gasteiger partial charge in [-0.1, -0.05) is 68.9 Å². The number of carbonyl (C=O) groups is 1. The van der Waals surface area contributed by atoms with E-state index in [2.05, 4.69) is 62.3 Å². The lowest BCUT2D eigenvalue weighted by molar-refractivity contribution is -0.139. The van der Waals surface area contributed by atoms with Crippen LogP contribution in [0.3, 0.4) is 0 Å². The van der Waals surface area contributed by atoms with Crippen molar-refractivity contribution in [1.29, 1.82) is 0 Å². The van der Waals surface area contributed by atoms with Gasteiger partial charge in [-0.2, -0.15) is 0 Å².